The third-order valence-electron chi connectivity index (χ3n) is 13.3. The van der Waals surface area contributed by atoms with Crippen molar-refractivity contribution in [1.82, 2.24) is 5.32 Å². The van der Waals surface area contributed by atoms with E-state index in [0.29, 0.717) is 6.42 Å². The average molecular weight is 847 g/mol. The number of hydrogen-bond acceptors (Lipinski definition) is 3. The lowest BCUT2D eigenvalue weighted by atomic mass is 10.0. The van der Waals surface area contributed by atoms with E-state index in [0.717, 1.165) is 25.7 Å². The van der Waals surface area contributed by atoms with Crippen LogP contribution in [-0.2, 0) is 4.79 Å². The molecule has 0 fully saturated rings. The van der Waals surface area contributed by atoms with Gasteiger partial charge in [0.1, 0.15) is 0 Å². The fourth-order valence-corrected chi connectivity index (χ4v) is 9.01. The maximum atomic E-state index is 12.4. The van der Waals surface area contributed by atoms with Crippen LogP contribution in [0.15, 0.2) is 12.2 Å². The van der Waals surface area contributed by atoms with Gasteiger partial charge in [-0.15, -0.1) is 0 Å². The third kappa shape index (κ3) is 48.2. The SMILES string of the molecule is CCCCCCCCCC/C=C/C(O)C(CO)NC(=O)CCCCCCCCCCCCCCCCCCCCCCCCCCCCCCCCCCCCCCCC. The van der Waals surface area contributed by atoms with Crippen LogP contribution in [-0.4, -0.2) is 34.9 Å². The number of aliphatic hydroxyl groups excluding tert-OH is 2. The standard InChI is InChI=1S/C56H111NO3/c1-3-5-7-9-11-13-15-16-17-18-19-20-21-22-23-24-25-26-27-28-29-30-31-32-33-34-35-36-37-38-39-40-41-42-44-46-48-50-52-56(60)57-54(53-58)55(59)51-49-47-45-43-14-12-10-8-6-4-2/h49,51,54-55,58-59H,3-48,50,52-53H2,1-2H3,(H,57,60)/b51-49+. The summed E-state index contributed by atoms with van der Waals surface area (Å²) >= 11 is 0. The molecule has 0 saturated carbocycles. The molecule has 4 heteroatoms. The van der Waals surface area contributed by atoms with Crippen molar-refractivity contribution in [2.24, 2.45) is 0 Å². The van der Waals surface area contributed by atoms with Crippen LogP contribution in [0.1, 0.15) is 322 Å². The maximum absolute atomic E-state index is 12.4. The molecule has 3 N–H and O–H groups in total. The number of amides is 1. The van der Waals surface area contributed by atoms with E-state index in [4.69, 9.17) is 0 Å². The molecule has 358 valence electrons. The number of rotatable bonds is 52. The summed E-state index contributed by atoms with van der Waals surface area (Å²) in [5, 5.41) is 23.0. The second kappa shape index (κ2) is 52.5. The van der Waals surface area contributed by atoms with Gasteiger partial charge in [0.2, 0.25) is 5.91 Å². The number of carbonyl (C=O) groups is 1. The van der Waals surface area contributed by atoms with Crippen LogP contribution >= 0.6 is 0 Å². The maximum Gasteiger partial charge on any atom is 0.220 e. The Balaban J connectivity index is 3.31. The normalized spacial score (nSPS) is 12.8. The van der Waals surface area contributed by atoms with Crippen molar-refractivity contribution >= 4 is 5.91 Å². The summed E-state index contributed by atoms with van der Waals surface area (Å²) in [4.78, 5) is 12.4. The van der Waals surface area contributed by atoms with Crippen LogP contribution in [0.2, 0.25) is 0 Å². The Hall–Kier alpha value is -0.870. The summed E-state index contributed by atoms with van der Waals surface area (Å²) in [6.45, 7) is 4.32. The van der Waals surface area contributed by atoms with Gasteiger partial charge in [0, 0.05) is 6.42 Å². The predicted octanol–water partition coefficient (Wildman–Crippen LogP) is 18.1. The molecule has 0 heterocycles. The second-order valence-electron chi connectivity index (χ2n) is 19.4. The molecule has 2 unspecified atom stereocenters. The molecular formula is C56H111NO3. The summed E-state index contributed by atoms with van der Waals surface area (Å²) in [5.41, 5.74) is 0. The molecular weight excluding hydrogens is 735 g/mol. The number of hydrogen-bond donors (Lipinski definition) is 3. The molecule has 0 aromatic carbocycles. The van der Waals surface area contributed by atoms with Gasteiger partial charge in [-0.25, -0.2) is 0 Å². The summed E-state index contributed by atoms with van der Waals surface area (Å²) < 4.78 is 0. The Kier molecular flexibility index (Phi) is 51.7. The fraction of sp³-hybridized carbons (Fsp3) is 0.946. The molecule has 0 spiro atoms. The topological polar surface area (TPSA) is 69.6 Å². The van der Waals surface area contributed by atoms with Crippen molar-refractivity contribution in [3.8, 4) is 0 Å². The molecule has 4 nitrogen and oxygen atoms in total. The monoisotopic (exact) mass is 846 g/mol. The molecule has 0 radical (unpaired) electrons. The zero-order valence-corrected chi connectivity index (χ0v) is 41.3. The second-order valence-corrected chi connectivity index (χ2v) is 19.4. The van der Waals surface area contributed by atoms with Crippen molar-refractivity contribution in [1.29, 1.82) is 0 Å². The van der Waals surface area contributed by atoms with Crippen LogP contribution < -0.4 is 5.32 Å². The minimum atomic E-state index is -0.833. The molecule has 0 aromatic rings. The fourth-order valence-electron chi connectivity index (χ4n) is 9.01. The van der Waals surface area contributed by atoms with E-state index in [1.54, 1.807) is 6.08 Å². The number of nitrogens with one attached hydrogen (secondary N) is 1. The van der Waals surface area contributed by atoms with Crippen LogP contribution in [0.3, 0.4) is 0 Å². The van der Waals surface area contributed by atoms with Gasteiger partial charge in [-0.2, -0.15) is 0 Å². The van der Waals surface area contributed by atoms with Crippen LogP contribution in [0.4, 0.5) is 0 Å². The minimum absolute atomic E-state index is 0.0593. The van der Waals surface area contributed by atoms with Gasteiger partial charge >= 0.3 is 0 Å². The van der Waals surface area contributed by atoms with E-state index >= 15 is 0 Å². The first-order valence-corrected chi connectivity index (χ1v) is 27.9. The van der Waals surface area contributed by atoms with E-state index in [9.17, 15) is 15.0 Å². The van der Waals surface area contributed by atoms with Gasteiger partial charge in [0.15, 0.2) is 0 Å². The van der Waals surface area contributed by atoms with Gasteiger partial charge in [0.25, 0.3) is 0 Å². The molecule has 1 amide bonds. The molecule has 0 aromatic heterocycles. The number of unbranched alkanes of at least 4 members (excludes halogenated alkanes) is 45. The molecule has 0 aliphatic heterocycles. The van der Waals surface area contributed by atoms with E-state index < -0.39 is 12.1 Å². The van der Waals surface area contributed by atoms with Gasteiger partial charge in [-0.05, 0) is 19.3 Å². The molecule has 0 aliphatic carbocycles. The Morgan fingerprint density at radius 2 is 0.617 bits per heavy atom. The van der Waals surface area contributed by atoms with Crippen molar-refractivity contribution in [3.63, 3.8) is 0 Å². The van der Waals surface area contributed by atoms with Crippen LogP contribution in [0, 0.1) is 0 Å². The van der Waals surface area contributed by atoms with E-state index in [1.807, 2.05) is 6.08 Å². The third-order valence-corrected chi connectivity index (χ3v) is 13.3. The van der Waals surface area contributed by atoms with Gasteiger partial charge in [-0.1, -0.05) is 309 Å². The lowest BCUT2D eigenvalue weighted by molar-refractivity contribution is -0.123. The molecule has 0 saturated heterocycles. The molecule has 60 heavy (non-hydrogen) atoms. The Bertz CT molecular complexity index is 829. The zero-order chi connectivity index (χ0) is 43.5. The van der Waals surface area contributed by atoms with Crippen LogP contribution in [0.25, 0.3) is 0 Å². The Labute approximate surface area is 377 Å². The predicted molar refractivity (Wildman–Crippen MR) is 267 cm³/mol. The molecule has 0 bridgehead atoms. The first-order chi connectivity index (χ1) is 29.7. The molecule has 0 aliphatic rings. The molecule has 0 rings (SSSR count). The van der Waals surface area contributed by atoms with E-state index in [2.05, 4.69) is 19.2 Å². The first-order valence-electron chi connectivity index (χ1n) is 27.9. The van der Waals surface area contributed by atoms with E-state index in [1.165, 1.54) is 276 Å². The summed E-state index contributed by atoms with van der Waals surface area (Å²) in [7, 11) is 0. The van der Waals surface area contributed by atoms with Gasteiger partial charge in [-0.3, -0.25) is 4.79 Å². The minimum Gasteiger partial charge on any atom is -0.394 e. The Morgan fingerprint density at radius 3 is 0.867 bits per heavy atom. The quantitative estimate of drug-likeness (QED) is 0.0422. The smallest absolute Gasteiger partial charge is 0.220 e. The number of aliphatic hydroxyl groups is 2. The number of carbonyl (C=O) groups excluding carboxylic acids is 1. The lowest BCUT2D eigenvalue weighted by Gasteiger charge is -2.20. The van der Waals surface area contributed by atoms with Gasteiger partial charge in [0.05, 0.1) is 18.8 Å². The van der Waals surface area contributed by atoms with Crippen molar-refractivity contribution < 1.29 is 15.0 Å². The lowest BCUT2D eigenvalue weighted by Crippen LogP contribution is -2.45. The number of allylic oxidation sites excluding steroid dienone is 1. The van der Waals surface area contributed by atoms with Crippen LogP contribution in [0.5, 0.6) is 0 Å². The Morgan fingerprint density at radius 1 is 0.383 bits per heavy atom. The van der Waals surface area contributed by atoms with Crippen molar-refractivity contribution in [3.05, 3.63) is 12.2 Å². The van der Waals surface area contributed by atoms with Crippen molar-refractivity contribution in [2.75, 3.05) is 6.61 Å². The summed E-state index contributed by atoms with van der Waals surface area (Å²) in [5.74, 6) is -0.0593. The highest BCUT2D eigenvalue weighted by Gasteiger charge is 2.18. The van der Waals surface area contributed by atoms with E-state index in [-0.39, 0.29) is 12.5 Å². The molecule has 2 atom stereocenters. The highest BCUT2D eigenvalue weighted by molar-refractivity contribution is 5.76. The average Bonchev–Trinajstić information content (AvgIpc) is 3.25. The van der Waals surface area contributed by atoms with Crippen molar-refractivity contribution in [2.45, 2.75) is 334 Å². The highest BCUT2D eigenvalue weighted by atomic mass is 16.3. The summed E-state index contributed by atoms with van der Waals surface area (Å²) in [6.07, 6.45) is 68.3. The summed E-state index contributed by atoms with van der Waals surface area (Å²) in [6, 6.07) is -0.616. The van der Waals surface area contributed by atoms with Gasteiger partial charge < -0.3 is 15.5 Å². The zero-order valence-electron chi connectivity index (χ0n) is 41.3. The largest absolute Gasteiger partial charge is 0.394 e. The highest BCUT2D eigenvalue weighted by Crippen LogP contribution is 2.18. The first kappa shape index (κ1) is 59.1.